The SMILES string of the molecule is Cc1cc(-n2cncn2)ccc1C(=O)N1C(C(=O)O)CC2CCCCC21. The van der Waals surface area contributed by atoms with Crippen molar-refractivity contribution in [2.24, 2.45) is 5.92 Å². The van der Waals surface area contributed by atoms with Gasteiger partial charge in [-0.2, -0.15) is 5.10 Å². The second-order valence-corrected chi connectivity index (χ2v) is 7.25. The van der Waals surface area contributed by atoms with Crippen LogP contribution in [0.3, 0.4) is 0 Å². The Balaban J connectivity index is 1.66. The van der Waals surface area contributed by atoms with Crippen molar-refractivity contribution in [3.63, 3.8) is 0 Å². The van der Waals surface area contributed by atoms with E-state index in [9.17, 15) is 14.7 Å². The van der Waals surface area contributed by atoms with Crippen LogP contribution in [0.25, 0.3) is 5.69 Å². The largest absolute Gasteiger partial charge is 0.480 e. The lowest BCUT2D eigenvalue weighted by atomic mass is 9.84. The number of fused-ring (bicyclic) bond motifs is 1. The van der Waals surface area contributed by atoms with E-state index in [1.165, 1.54) is 6.33 Å². The summed E-state index contributed by atoms with van der Waals surface area (Å²) >= 11 is 0. The minimum Gasteiger partial charge on any atom is -0.480 e. The van der Waals surface area contributed by atoms with Gasteiger partial charge in [-0.15, -0.1) is 0 Å². The van der Waals surface area contributed by atoms with Gasteiger partial charge in [-0.05, 0) is 55.9 Å². The van der Waals surface area contributed by atoms with Gasteiger partial charge in [-0.3, -0.25) is 4.79 Å². The lowest BCUT2D eigenvalue weighted by Gasteiger charge is -2.33. The van der Waals surface area contributed by atoms with Crippen molar-refractivity contribution in [1.82, 2.24) is 19.7 Å². The quantitative estimate of drug-likeness (QED) is 0.914. The Labute approximate surface area is 151 Å². The van der Waals surface area contributed by atoms with Gasteiger partial charge in [0.1, 0.15) is 18.7 Å². The number of carbonyl (C=O) groups is 2. The van der Waals surface area contributed by atoms with E-state index < -0.39 is 12.0 Å². The third kappa shape index (κ3) is 2.77. The van der Waals surface area contributed by atoms with E-state index in [1.807, 2.05) is 19.1 Å². The molecule has 1 saturated heterocycles. The molecule has 0 spiro atoms. The molecule has 0 radical (unpaired) electrons. The first-order valence-electron chi connectivity index (χ1n) is 9.07. The molecule has 26 heavy (non-hydrogen) atoms. The molecule has 1 amide bonds. The van der Waals surface area contributed by atoms with Crippen LogP contribution in [0.4, 0.5) is 0 Å². The Morgan fingerprint density at radius 1 is 1.23 bits per heavy atom. The van der Waals surface area contributed by atoms with Gasteiger partial charge in [0.15, 0.2) is 0 Å². The second-order valence-electron chi connectivity index (χ2n) is 7.25. The van der Waals surface area contributed by atoms with Crippen LogP contribution in [-0.2, 0) is 4.79 Å². The monoisotopic (exact) mass is 354 g/mol. The standard InChI is InChI=1S/C19H22N4O3/c1-12-8-14(22-11-20-10-21-22)6-7-15(12)18(24)23-16-5-3-2-4-13(16)9-17(23)19(25)26/h6-8,10-11,13,16-17H,2-5,9H2,1H3,(H,25,26). The van der Waals surface area contributed by atoms with E-state index in [0.717, 1.165) is 36.9 Å². The number of aliphatic carboxylic acids is 1. The van der Waals surface area contributed by atoms with Gasteiger partial charge in [-0.1, -0.05) is 12.8 Å². The minimum absolute atomic E-state index is 0.0479. The van der Waals surface area contributed by atoms with Gasteiger partial charge in [0.2, 0.25) is 0 Å². The molecule has 2 heterocycles. The number of hydrogen-bond donors (Lipinski definition) is 1. The molecule has 1 saturated carbocycles. The van der Waals surface area contributed by atoms with E-state index in [2.05, 4.69) is 10.1 Å². The van der Waals surface area contributed by atoms with Gasteiger partial charge in [-0.25, -0.2) is 14.5 Å². The smallest absolute Gasteiger partial charge is 0.326 e. The van der Waals surface area contributed by atoms with Crippen LogP contribution in [0.2, 0.25) is 0 Å². The number of nitrogens with zero attached hydrogens (tertiary/aromatic N) is 4. The van der Waals surface area contributed by atoms with Crippen LogP contribution in [0.15, 0.2) is 30.9 Å². The highest BCUT2D eigenvalue weighted by Crippen LogP contribution is 2.40. The number of likely N-dealkylation sites (tertiary alicyclic amines) is 1. The number of carboxylic acids is 1. The lowest BCUT2D eigenvalue weighted by Crippen LogP contribution is -2.46. The normalized spacial score (nSPS) is 25.1. The molecule has 4 rings (SSSR count). The molecule has 2 fully saturated rings. The van der Waals surface area contributed by atoms with Gasteiger partial charge < -0.3 is 10.0 Å². The fourth-order valence-electron chi connectivity index (χ4n) is 4.48. The zero-order valence-electron chi connectivity index (χ0n) is 14.7. The summed E-state index contributed by atoms with van der Waals surface area (Å²) in [6.07, 6.45) is 7.73. The summed E-state index contributed by atoms with van der Waals surface area (Å²) in [5, 5.41) is 13.8. The fourth-order valence-corrected chi connectivity index (χ4v) is 4.48. The minimum atomic E-state index is -0.898. The molecule has 1 aliphatic carbocycles. The van der Waals surface area contributed by atoms with Crippen molar-refractivity contribution in [3.8, 4) is 5.69 Å². The number of rotatable bonds is 3. The number of amides is 1. The first-order chi connectivity index (χ1) is 12.6. The predicted molar refractivity (Wildman–Crippen MR) is 94.1 cm³/mol. The molecule has 1 aliphatic heterocycles. The molecule has 2 aliphatic rings. The third-order valence-corrected chi connectivity index (χ3v) is 5.73. The van der Waals surface area contributed by atoms with E-state index in [4.69, 9.17) is 0 Å². The molecule has 136 valence electrons. The Morgan fingerprint density at radius 2 is 2.04 bits per heavy atom. The van der Waals surface area contributed by atoms with Crippen LogP contribution in [-0.4, -0.2) is 48.7 Å². The fraction of sp³-hybridized carbons (Fsp3) is 0.474. The van der Waals surface area contributed by atoms with E-state index in [-0.39, 0.29) is 11.9 Å². The van der Waals surface area contributed by atoms with Crippen molar-refractivity contribution < 1.29 is 14.7 Å². The maximum Gasteiger partial charge on any atom is 0.326 e. The topological polar surface area (TPSA) is 88.3 Å². The first kappa shape index (κ1) is 16.8. The van der Waals surface area contributed by atoms with Crippen molar-refractivity contribution >= 4 is 11.9 Å². The molecule has 7 heteroatoms. The summed E-state index contributed by atoms with van der Waals surface area (Å²) < 4.78 is 1.63. The second kappa shape index (κ2) is 6.55. The highest BCUT2D eigenvalue weighted by molar-refractivity contribution is 5.98. The molecule has 0 bridgehead atoms. The summed E-state index contributed by atoms with van der Waals surface area (Å²) in [5.41, 5.74) is 2.20. The van der Waals surface area contributed by atoms with E-state index >= 15 is 0 Å². The number of aromatic nitrogens is 3. The Kier molecular flexibility index (Phi) is 4.22. The van der Waals surface area contributed by atoms with Gasteiger partial charge >= 0.3 is 5.97 Å². The first-order valence-corrected chi connectivity index (χ1v) is 9.07. The third-order valence-electron chi connectivity index (χ3n) is 5.73. The molecule has 1 aromatic carbocycles. The van der Waals surface area contributed by atoms with Crippen molar-refractivity contribution in [1.29, 1.82) is 0 Å². The van der Waals surface area contributed by atoms with Gasteiger partial charge in [0.05, 0.1) is 5.69 Å². The van der Waals surface area contributed by atoms with Crippen molar-refractivity contribution in [2.75, 3.05) is 0 Å². The molecule has 7 nitrogen and oxygen atoms in total. The molecular formula is C19H22N4O3. The van der Waals surface area contributed by atoms with Crippen LogP contribution >= 0.6 is 0 Å². The van der Waals surface area contributed by atoms with Gasteiger partial charge in [0, 0.05) is 11.6 Å². The van der Waals surface area contributed by atoms with Crippen LogP contribution in [0.1, 0.15) is 48.0 Å². The van der Waals surface area contributed by atoms with E-state index in [0.29, 0.717) is 17.9 Å². The van der Waals surface area contributed by atoms with E-state index in [1.54, 1.807) is 22.0 Å². The summed E-state index contributed by atoms with van der Waals surface area (Å²) in [4.78, 5) is 30.6. The predicted octanol–water partition coefficient (Wildman–Crippen LogP) is 2.43. The molecule has 1 N–H and O–H groups in total. The summed E-state index contributed by atoms with van der Waals surface area (Å²) in [5.74, 6) is -0.761. The number of carbonyl (C=O) groups excluding carboxylic acids is 1. The molecule has 3 unspecified atom stereocenters. The van der Waals surface area contributed by atoms with Crippen LogP contribution < -0.4 is 0 Å². The Hall–Kier alpha value is -2.70. The highest BCUT2D eigenvalue weighted by Gasteiger charge is 2.47. The summed E-state index contributed by atoms with van der Waals surface area (Å²) in [6.45, 7) is 1.87. The zero-order valence-corrected chi connectivity index (χ0v) is 14.7. The molecule has 2 aromatic rings. The Bertz CT molecular complexity index is 833. The maximum absolute atomic E-state index is 13.3. The Morgan fingerprint density at radius 3 is 2.73 bits per heavy atom. The molecular weight excluding hydrogens is 332 g/mol. The van der Waals surface area contributed by atoms with Crippen LogP contribution in [0.5, 0.6) is 0 Å². The van der Waals surface area contributed by atoms with Gasteiger partial charge in [0.25, 0.3) is 5.91 Å². The van der Waals surface area contributed by atoms with Crippen molar-refractivity contribution in [2.45, 2.75) is 51.1 Å². The van der Waals surface area contributed by atoms with Crippen LogP contribution in [0, 0.1) is 12.8 Å². The number of benzene rings is 1. The molecule has 3 atom stereocenters. The average molecular weight is 354 g/mol. The maximum atomic E-state index is 13.3. The summed E-state index contributed by atoms with van der Waals surface area (Å²) in [7, 11) is 0. The number of aryl methyl sites for hydroxylation is 1. The molecule has 1 aromatic heterocycles. The lowest BCUT2D eigenvalue weighted by molar-refractivity contribution is -0.141. The zero-order chi connectivity index (χ0) is 18.3. The number of carboxylic acid groups (broad SMARTS) is 1. The highest BCUT2D eigenvalue weighted by atomic mass is 16.4. The van der Waals surface area contributed by atoms with Crippen molar-refractivity contribution in [3.05, 3.63) is 42.0 Å². The summed E-state index contributed by atoms with van der Waals surface area (Å²) in [6, 6.07) is 4.80. The number of hydrogen-bond acceptors (Lipinski definition) is 4. The average Bonchev–Trinajstić information content (AvgIpc) is 3.29.